The van der Waals surface area contributed by atoms with Crippen LogP contribution >= 0.6 is 0 Å². The summed E-state index contributed by atoms with van der Waals surface area (Å²) in [6, 6.07) is 6.06. The number of anilines is 2. The van der Waals surface area contributed by atoms with Crippen molar-refractivity contribution in [3.8, 4) is 6.07 Å². The highest BCUT2D eigenvalue weighted by Crippen LogP contribution is 2.23. The summed E-state index contributed by atoms with van der Waals surface area (Å²) in [6.07, 6.45) is 0. The van der Waals surface area contributed by atoms with Crippen LogP contribution in [0.5, 0.6) is 0 Å². The van der Waals surface area contributed by atoms with E-state index in [0.717, 1.165) is 22.8 Å². The Hall–Kier alpha value is -2.35. The molecule has 0 aliphatic heterocycles. The van der Waals surface area contributed by atoms with Gasteiger partial charge in [-0.15, -0.1) is 0 Å². The number of aryl methyl sites for hydroxylation is 4. The summed E-state index contributed by atoms with van der Waals surface area (Å²) < 4.78 is 1.67. The van der Waals surface area contributed by atoms with Crippen molar-refractivity contribution in [3.05, 3.63) is 34.8 Å². The van der Waals surface area contributed by atoms with Gasteiger partial charge in [0.25, 0.3) is 0 Å². The Morgan fingerprint density at radius 1 is 1.22 bits per heavy atom. The second kappa shape index (κ2) is 4.49. The van der Waals surface area contributed by atoms with Crippen LogP contribution in [0, 0.1) is 32.1 Å². The summed E-state index contributed by atoms with van der Waals surface area (Å²) in [5.41, 5.74) is 4.05. The molecule has 0 aliphatic carbocycles. The number of rotatable bonds is 2. The maximum absolute atomic E-state index is 9.15. The third-order valence-electron chi connectivity index (χ3n) is 2.81. The molecule has 0 aromatic carbocycles. The Balaban J connectivity index is 2.43. The highest BCUT2D eigenvalue weighted by Gasteiger charge is 2.13. The molecule has 0 aliphatic rings. The van der Waals surface area contributed by atoms with Gasteiger partial charge in [0.2, 0.25) is 0 Å². The lowest BCUT2D eigenvalue weighted by Gasteiger charge is -2.09. The van der Waals surface area contributed by atoms with E-state index in [1.54, 1.807) is 4.68 Å². The quantitative estimate of drug-likeness (QED) is 0.876. The first-order valence-corrected chi connectivity index (χ1v) is 5.68. The number of hydrogen-bond donors (Lipinski definition) is 1. The van der Waals surface area contributed by atoms with Gasteiger partial charge >= 0.3 is 0 Å². The molecule has 0 saturated heterocycles. The second-order valence-electron chi connectivity index (χ2n) is 4.26. The van der Waals surface area contributed by atoms with Crippen molar-refractivity contribution in [1.29, 1.82) is 5.26 Å². The molecule has 0 spiro atoms. The van der Waals surface area contributed by atoms with Crippen LogP contribution in [0.3, 0.4) is 0 Å². The molecule has 0 fully saturated rings. The van der Waals surface area contributed by atoms with E-state index in [2.05, 4.69) is 21.5 Å². The van der Waals surface area contributed by atoms with Crippen molar-refractivity contribution >= 4 is 11.5 Å². The van der Waals surface area contributed by atoms with Crippen LogP contribution in [0.15, 0.2) is 12.1 Å². The Morgan fingerprint density at radius 2 is 1.94 bits per heavy atom. The molecule has 0 unspecified atom stereocenters. The molecule has 92 valence electrons. The Bertz CT molecular complexity index is 634. The minimum Gasteiger partial charge on any atom is -0.338 e. The predicted octanol–water partition coefficient (Wildman–Crippen LogP) is 2.36. The van der Waals surface area contributed by atoms with Crippen LogP contribution in [0.25, 0.3) is 0 Å². The number of nitrogens with one attached hydrogen (secondary N) is 1. The van der Waals surface area contributed by atoms with Crippen LogP contribution < -0.4 is 5.32 Å². The molecule has 5 heteroatoms. The number of pyridine rings is 1. The lowest BCUT2D eigenvalue weighted by molar-refractivity contribution is 0.764. The topological polar surface area (TPSA) is 66.5 Å². The van der Waals surface area contributed by atoms with Gasteiger partial charge in [0.05, 0.1) is 17.1 Å². The maximum Gasteiger partial charge on any atom is 0.146 e. The lowest BCUT2D eigenvalue weighted by atomic mass is 10.2. The van der Waals surface area contributed by atoms with Gasteiger partial charge in [0.1, 0.15) is 17.5 Å². The van der Waals surface area contributed by atoms with Crippen LogP contribution in [-0.2, 0) is 7.05 Å². The van der Waals surface area contributed by atoms with Crippen LogP contribution in [0.4, 0.5) is 11.5 Å². The predicted molar refractivity (Wildman–Crippen MR) is 69.7 cm³/mol. The molecule has 2 heterocycles. The lowest BCUT2D eigenvalue weighted by Crippen LogP contribution is -2.03. The zero-order valence-electron chi connectivity index (χ0n) is 10.9. The van der Waals surface area contributed by atoms with Gasteiger partial charge in [0, 0.05) is 12.7 Å². The Labute approximate surface area is 106 Å². The molecule has 5 nitrogen and oxygen atoms in total. The number of hydrogen-bond acceptors (Lipinski definition) is 4. The minimum absolute atomic E-state index is 0.567. The summed E-state index contributed by atoms with van der Waals surface area (Å²) in [7, 11) is 1.81. The molecular formula is C13H15N5. The molecule has 2 aromatic heterocycles. The first kappa shape index (κ1) is 12.1. The SMILES string of the molecule is Cc1ccc(Nc2c(C#N)c(C)nn2C)c(C)n1. The standard InChI is InChI=1S/C13H15N5/c1-8-5-6-12(10(3)15-8)16-13-11(7-14)9(2)17-18(13)4/h5-6,16H,1-4H3. The van der Waals surface area contributed by atoms with Crippen LogP contribution in [-0.4, -0.2) is 14.8 Å². The normalized spacial score (nSPS) is 10.2. The van der Waals surface area contributed by atoms with E-state index >= 15 is 0 Å². The highest BCUT2D eigenvalue weighted by atomic mass is 15.3. The number of aromatic nitrogens is 3. The van der Waals surface area contributed by atoms with Crippen molar-refractivity contribution in [2.75, 3.05) is 5.32 Å². The summed E-state index contributed by atoms with van der Waals surface area (Å²) >= 11 is 0. The van der Waals surface area contributed by atoms with Crippen molar-refractivity contribution in [2.45, 2.75) is 20.8 Å². The Kier molecular flexibility index (Phi) is 3.02. The fourth-order valence-electron chi connectivity index (χ4n) is 1.88. The van der Waals surface area contributed by atoms with Gasteiger partial charge in [0.15, 0.2) is 0 Å². The molecule has 2 aromatic rings. The highest BCUT2D eigenvalue weighted by molar-refractivity contribution is 5.65. The van der Waals surface area contributed by atoms with Crippen molar-refractivity contribution in [3.63, 3.8) is 0 Å². The molecule has 0 bridgehead atoms. The smallest absolute Gasteiger partial charge is 0.146 e. The van der Waals surface area contributed by atoms with Crippen molar-refractivity contribution in [2.24, 2.45) is 7.05 Å². The van der Waals surface area contributed by atoms with Gasteiger partial charge in [-0.25, -0.2) is 0 Å². The largest absolute Gasteiger partial charge is 0.338 e. The molecule has 2 rings (SSSR count). The van der Waals surface area contributed by atoms with E-state index in [0.29, 0.717) is 11.4 Å². The molecule has 0 amide bonds. The zero-order valence-corrected chi connectivity index (χ0v) is 10.9. The fourth-order valence-corrected chi connectivity index (χ4v) is 1.88. The Morgan fingerprint density at radius 3 is 2.56 bits per heavy atom. The number of nitriles is 1. The van der Waals surface area contributed by atoms with Gasteiger partial charge in [-0.05, 0) is 32.9 Å². The summed E-state index contributed by atoms with van der Waals surface area (Å²) in [5.74, 6) is 0.698. The summed E-state index contributed by atoms with van der Waals surface area (Å²) in [5, 5.41) is 16.6. The third-order valence-corrected chi connectivity index (χ3v) is 2.81. The van der Waals surface area contributed by atoms with Gasteiger partial charge < -0.3 is 5.32 Å². The maximum atomic E-state index is 9.15. The van der Waals surface area contributed by atoms with Crippen LogP contribution in [0.2, 0.25) is 0 Å². The molecule has 0 atom stereocenters. The van der Waals surface area contributed by atoms with Crippen molar-refractivity contribution in [1.82, 2.24) is 14.8 Å². The van der Waals surface area contributed by atoms with E-state index in [-0.39, 0.29) is 0 Å². The fraction of sp³-hybridized carbons (Fsp3) is 0.308. The average molecular weight is 241 g/mol. The minimum atomic E-state index is 0.567. The molecular weight excluding hydrogens is 226 g/mol. The van der Waals surface area contributed by atoms with E-state index in [1.165, 1.54) is 0 Å². The third kappa shape index (κ3) is 2.05. The van der Waals surface area contributed by atoms with E-state index in [9.17, 15) is 0 Å². The summed E-state index contributed by atoms with van der Waals surface area (Å²) in [6.45, 7) is 5.71. The molecule has 0 saturated carbocycles. The number of nitrogens with zero attached hydrogens (tertiary/aromatic N) is 4. The first-order valence-electron chi connectivity index (χ1n) is 5.68. The van der Waals surface area contributed by atoms with E-state index < -0.39 is 0 Å². The first-order chi connectivity index (χ1) is 8.52. The van der Waals surface area contributed by atoms with Gasteiger partial charge in [-0.1, -0.05) is 0 Å². The zero-order chi connectivity index (χ0) is 13.3. The summed E-state index contributed by atoms with van der Waals surface area (Å²) in [4.78, 5) is 4.39. The monoisotopic (exact) mass is 241 g/mol. The molecule has 18 heavy (non-hydrogen) atoms. The van der Waals surface area contributed by atoms with Crippen LogP contribution in [0.1, 0.15) is 22.6 Å². The van der Waals surface area contributed by atoms with Crippen molar-refractivity contribution < 1.29 is 0 Å². The molecule has 0 radical (unpaired) electrons. The van der Waals surface area contributed by atoms with E-state index in [1.807, 2.05) is 40.0 Å². The molecule has 1 N–H and O–H groups in total. The second-order valence-corrected chi connectivity index (χ2v) is 4.26. The van der Waals surface area contributed by atoms with Gasteiger partial charge in [-0.2, -0.15) is 10.4 Å². The van der Waals surface area contributed by atoms with E-state index in [4.69, 9.17) is 5.26 Å². The average Bonchev–Trinajstić information content (AvgIpc) is 2.57. The van der Waals surface area contributed by atoms with Gasteiger partial charge in [-0.3, -0.25) is 9.67 Å².